The summed E-state index contributed by atoms with van der Waals surface area (Å²) in [5.74, 6) is 1.15. The van der Waals surface area contributed by atoms with E-state index in [2.05, 4.69) is 50.3 Å². The van der Waals surface area contributed by atoms with Gasteiger partial charge in [0.1, 0.15) is 5.75 Å². The van der Waals surface area contributed by atoms with Crippen LogP contribution < -0.4 is 10.1 Å². The Balaban J connectivity index is 0.00000364. The molecule has 1 amide bonds. The molecule has 0 aromatic heterocycles. The summed E-state index contributed by atoms with van der Waals surface area (Å²) < 4.78 is 6.06. The molecule has 1 unspecified atom stereocenters. The Morgan fingerprint density at radius 3 is 2.37 bits per heavy atom. The van der Waals surface area contributed by atoms with Gasteiger partial charge in [-0.1, -0.05) is 45.2 Å². The molecule has 0 radical (unpaired) electrons. The molecule has 0 heterocycles. The predicted molar refractivity (Wildman–Crippen MR) is 115 cm³/mol. The summed E-state index contributed by atoms with van der Waals surface area (Å²) >= 11 is 0. The van der Waals surface area contributed by atoms with Crippen LogP contribution in [0.3, 0.4) is 0 Å². The normalized spacial score (nSPS) is 17.3. The summed E-state index contributed by atoms with van der Waals surface area (Å²) in [7, 11) is 4.25. The quantitative estimate of drug-likeness (QED) is 0.726. The third-order valence-electron chi connectivity index (χ3n) is 5.79. The molecule has 0 saturated heterocycles. The summed E-state index contributed by atoms with van der Waals surface area (Å²) in [4.78, 5) is 15.0. The first-order valence-corrected chi connectivity index (χ1v) is 9.97. The number of rotatable bonds is 7. The minimum absolute atomic E-state index is 0. The fourth-order valence-electron chi connectivity index (χ4n) is 3.85. The van der Waals surface area contributed by atoms with Crippen LogP contribution in [0.25, 0.3) is 0 Å². The van der Waals surface area contributed by atoms with Crippen LogP contribution in [-0.4, -0.2) is 43.1 Å². The van der Waals surface area contributed by atoms with Crippen LogP contribution in [0.2, 0.25) is 0 Å². The van der Waals surface area contributed by atoms with Gasteiger partial charge in [-0.15, -0.1) is 12.4 Å². The highest BCUT2D eigenvalue weighted by Crippen LogP contribution is 2.32. The van der Waals surface area contributed by atoms with Crippen molar-refractivity contribution in [1.82, 2.24) is 10.2 Å². The van der Waals surface area contributed by atoms with Crippen molar-refractivity contribution in [1.29, 1.82) is 0 Å². The summed E-state index contributed by atoms with van der Waals surface area (Å²) in [6.07, 6.45) is 5.56. The number of halogens is 1. The van der Waals surface area contributed by atoms with E-state index in [1.165, 1.54) is 19.3 Å². The predicted octanol–water partition coefficient (Wildman–Crippen LogP) is 4.69. The lowest BCUT2D eigenvalue weighted by Gasteiger charge is -2.43. The minimum atomic E-state index is -0.503. The average Bonchev–Trinajstić information content (AvgIpc) is 2.60. The van der Waals surface area contributed by atoms with E-state index in [1.54, 1.807) is 0 Å². The van der Waals surface area contributed by atoms with Crippen LogP contribution >= 0.6 is 12.4 Å². The third-order valence-corrected chi connectivity index (χ3v) is 5.79. The molecular formula is C22H37ClN2O2. The van der Waals surface area contributed by atoms with Crippen molar-refractivity contribution in [3.05, 3.63) is 29.3 Å². The first kappa shape index (κ1) is 23.8. The SMILES string of the molecule is Cc1ccc(C(C)C)c(OC(C)C(=O)NCC2(N(C)C)CCCCC2)c1.Cl. The molecule has 1 saturated carbocycles. The molecule has 154 valence electrons. The maximum absolute atomic E-state index is 12.7. The topological polar surface area (TPSA) is 41.6 Å². The molecule has 0 aliphatic heterocycles. The number of hydrogen-bond acceptors (Lipinski definition) is 3. The van der Waals surface area contributed by atoms with Gasteiger partial charge in [-0.2, -0.15) is 0 Å². The van der Waals surface area contributed by atoms with Crippen LogP contribution in [-0.2, 0) is 4.79 Å². The molecule has 1 aliphatic carbocycles. The Morgan fingerprint density at radius 2 is 1.81 bits per heavy atom. The molecule has 0 bridgehead atoms. The lowest BCUT2D eigenvalue weighted by molar-refractivity contribution is -0.128. The number of nitrogens with one attached hydrogen (secondary N) is 1. The molecule has 1 aliphatic rings. The average molecular weight is 397 g/mol. The smallest absolute Gasteiger partial charge is 0.260 e. The zero-order valence-corrected chi connectivity index (χ0v) is 18.6. The van der Waals surface area contributed by atoms with Crippen LogP contribution in [0.4, 0.5) is 0 Å². The van der Waals surface area contributed by atoms with Gasteiger partial charge in [-0.05, 0) is 63.9 Å². The maximum Gasteiger partial charge on any atom is 0.260 e. The number of nitrogens with zero attached hydrogens (tertiary/aromatic N) is 1. The largest absolute Gasteiger partial charge is 0.481 e. The highest BCUT2D eigenvalue weighted by atomic mass is 35.5. The molecule has 0 spiro atoms. The molecule has 1 N–H and O–H groups in total. The summed E-state index contributed by atoms with van der Waals surface area (Å²) in [5.41, 5.74) is 2.37. The van der Waals surface area contributed by atoms with E-state index in [1.807, 2.05) is 19.9 Å². The lowest BCUT2D eigenvalue weighted by atomic mass is 9.80. The number of amides is 1. The first-order chi connectivity index (χ1) is 12.2. The van der Waals surface area contributed by atoms with E-state index < -0.39 is 6.10 Å². The molecule has 4 nitrogen and oxygen atoms in total. The van der Waals surface area contributed by atoms with Crippen molar-refractivity contribution in [2.45, 2.75) is 77.4 Å². The second-order valence-electron chi connectivity index (χ2n) is 8.35. The van der Waals surface area contributed by atoms with E-state index in [0.717, 1.165) is 29.7 Å². The van der Waals surface area contributed by atoms with Crippen molar-refractivity contribution < 1.29 is 9.53 Å². The van der Waals surface area contributed by atoms with Gasteiger partial charge in [-0.3, -0.25) is 4.79 Å². The van der Waals surface area contributed by atoms with E-state index in [9.17, 15) is 4.79 Å². The summed E-state index contributed by atoms with van der Waals surface area (Å²) in [6, 6.07) is 6.22. The van der Waals surface area contributed by atoms with E-state index >= 15 is 0 Å². The third kappa shape index (κ3) is 6.11. The highest BCUT2D eigenvalue weighted by molar-refractivity contribution is 5.85. The van der Waals surface area contributed by atoms with Gasteiger partial charge in [0.05, 0.1) is 0 Å². The van der Waals surface area contributed by atoms with E-state index in [0.29, 0.717) is 12.5 Å². The Bertz CT molecular complexity index is 610. The van der Waals surface area contributed by atoms with E-state index in [4.69, 9.17) is 4.74 Å². The summed E-state index contributed by atoms with van der Waals surface area (Å²) in [6.45, 7) is 8.87. The molecular weight excluding hydrogens is 360 g/mol. The van der Waals surface area contributed by atoms with Crippen molar-refractivity contribution >= 4 is 18.3 Å². The molecule has 1 atom stereocenters. The van der Waals surface area contributed by atoms with Gasteiger partial charge >= 0.3 is 0 Å². The number of carbonyl (C=O) groups excluding carboxylic acids is 1. The van der Waals surface area contributed by atoms with Crippen LogP contribution in [0.15, 0.2) is 18.2 Å². The zero-order chi connectivity index (χ0) is 19.3. The van der Waals surface area contributed by atoms with Gasteiger partial charge in [0, 0.05) is 12.1 Å². The monoisotopic (exact) mass is 396 g/mol. The Labute approximate surface area is 171 Å². The fraction of sp³-hybridized carbons (Fsp3) is 0.682. The molecule has 5 heteroatoms. The first-order valence-electron chi connectivity index (χ1n) is 9.97. The molecule has 1 aromatic carbocycles. The van der Waals surface area contributed by atoms with Gasteiger partial charge in [0.15, 0.2) is 6.10 Å². The van der Waals surface area contributed by atoms with Crippen LogP contribution in [0, 0.1) is 6.92 Å². The van der Waals surface area contributed by atoms with Crippen molar-refractivity contribution in [3.63, 3.8) is 0 Å². The number of likely N-dealkylation sites (N-methyl/N-ethyl adjacent to an activating group) is 1. The lowest BCUT2D eigenvalue weighted by Crippen LogP contribution is -2.55. The van der Waals surface area contributed by atoms with E-state index in [-0.39, 0.29) is 23.9 Å². The van der Waals surface area contributed by atoms with Crippen molar-refractivity contribution in [2.24, 2.45) is 0 Å². The number of aryl methyl sites for hydroxylation is 1. The maximum atomic E-state index is 12.7. The van der Waals surface area contributed by atoms with Gasteiger partial charge in [0.2, 0.25) is 0 Å². The molecule has 1 fully saturated rings. The van der Waals surface area contributed by atoms with Gasteiger partial charge < -0.3 is 15.0 Å². The minimum Gasteiger partial charge on any atom is -0.481 e. The number of benzene rings is 1. The summed E-state index contributed by atoms with van der Waals surface area (Å²) in [5, 5.41) is 3.15. The zero-order valence-electron chi connectivity index (χ0n) is 17.8. The molecule has 27 heavy (non-hydrogen) atoms. The molecule has 1 aromatic rings. The fourth-order valence-corrected chi connectivity index (χ4v) is 3.85. The Morgan fingerprint density at radius 1 is 1.19 bits per heavy atom. The van der Waals surface area contributed by atoms with Crippen LogP contribution in [0.1, 0.15) is 69.9 Å². The highest BCUT2D eigenvalue weighted by Gasteiger charge is 2.35. The number of carbonyl (C=O) groups is 1. The standard InChI is InChI=1S/C22H36N2O2.ClH/c1-16(2)19-11-10-17(3)14-20(19)26-18(4)21(25)23-15-22(24(5)6)12-8-7-9-13-22;/h10-11,14,16,18H,7-9,12-13,15H2,1-6H3,(H,23,25);1H. The Hall–Kier alpha value is -1.26. The molecule has 2 rings (SSSR count). The second kappa shape index (κ2) is 10.3. The van der Waals surface area contributed by atoms with Gasteiger partial charge in [-0.25, -0.2) is 0 Å². The van der Waals surface area contributed by atoms with Crippen LogP contribution in [0.5, 0.6) is 5.75 Å². The Kier molecular flexibility index (Phi) is 9.10. The second-order valence-corrected chi connectivity index (χ2v) is 8.35. The van der Waals surface area contributed by atoms with Gasteiger partial charge in [0.25, 0.3) is 5.91 Å². The van der Waals surface area contributed by atoms with Crippen molar-refractivity contribution in [2.75, 3.05) is 20.6 Å². The number of ether oxygens (including phenoxy) is 1. The van der Waals surface area contributed by atoms with Crippen molar-refractivity contribution in [3.8, 4) is 5.75 Å². The number of hydrogen-bond donors (Lipinski definition) is 1.